The van der Waals surface area contributed by atoms with E-state index in [0.29, 0.717) is 17.1 Å². The number of oxazole rings is 1. The number of rotatable bonds is 0. The summed E-state index contributed by atoms with van der Waals surface area (Å²) in [5, 5.41) is 9.00. The second-order valence-electron chi connectivity index (χ2n) is 2.43. The molecule has 0 aliphatic carbocycles. The standard InChI is InChI=1S/C7H6N2O3/c1-3-8-6-5(12-3)2-4(10)7(11)9-6/h2,10H,1H3,(H,9,11). The molecule has 0 aromatic carbocycles. The van der Waals surface area contributed by atoms with Crippen LogP contribution < -0.4 is 5.56 Å². The number of fused-ring (bicyclic) bond motifs is 1. The first-order chi connectivity index (χ1) is 5.66. The molecule has 0 saturated heterocycles. The van der Waals surface area contributed by atoms with Gasteiger partial charge < -0.3 is 14.5 Å². The van der Waals surface area contributed by atoms with Crippen molar-refractivity contribution in [1.82, 2.24) is 9.97 Å². The number of nitrogens with zero attached hydrogens (tertiary/aromatic N) is 1. The Morgan fingerprint density at radius 3 is 3.17 bits per heavy atom. The quantitative estimate of drug-likeness (QED) is 0.598. The maximum Gasteiger partial charge on any atom is 0.291 e. The van der Waals surface area contributed by atoms with Gasteiger partial charge in [-0.3, -0.25) is 4.79 Å². The molecule has 62 valence electrons. The van der Waals surface area contributed by atoms with Gasteiger partial charge in [-0.05, 0) is 0 Å². The van der Waals surface area contributed by atoms with Crippen LogP contribution >= 0.6 is 0 Å². The molecular formula is C7H6N2O3. The summed E-state index contributed by atoms with van der Waals surface area (Å²) in [6.07, 6.45) is 0. The lowest BCUT2D eigenvalue weighted by molar-refractivity contribution is 0.465. The molecule has 5 heteroatoms. The Bertz CT molecular complexity index is 483. The van der Waals surface area contributed by atoms with Crippen LogP contribution in [-0.2, 0) is 0 Å². The summed E-state index contributed by atoms with van der Waals surface area (Å²) in [6, 6.07) is 1.24. The second kappa shape index (κ2) is 2.10. The van der Waals surface area contributed by atoms with Gasteiger partial charge in [0.15, 0.2) is 22.9 Å². The smallest absolute Gasteiger partial charge is 0.291 e. The number of aryl methyl sites for hydroxylation is 1. The number of aromatic hydroxyl groups is 1. The van der Waals surface area contributed by atoms with Crippen molar-refractivity contribution in [1.29, 1.82) is 0 Å². The van der Waals surface area contributed by atoms with Crippen LogP contribution in [0.1, 0.15) is 5.89 Å². The minimum atomic E-state index is -0.559. The van der Waals surface area contributed by atoms with E-state index in [0.717, 1.165) is 0 Å². The predicted molar refractivity (Wildman–Crippen MR) is 41.0 cm³/mol. The molecule has 0 aliphatic heterocycles. The maximum absolute atomic E-state index is 10.9. The average Bonchev–Trinajstić information content (AvgIpc) is 2.30. The fourth-order valence-electron chi connectivity index (χ4n) is 0.992. The molecule has 2 rings (SSSR count). The first kappa shape index (κ1) is 6.90. The van der Waals surface area contributed by atoms with Gasteiger partial charge in [0.05, 0.1) is 0 Å². The van der Waals surface area contributed by atoms with E-state index in [1.807, 2.05) is 0 Å². The largest absolute Gasteiger partial charge is 0.503 e. The van der Waals surface area contributed by atoms with Crippen LogP contribution in [-0.4, -0.2) is 15.1 Å². The molecule has 0 spiro atoms. The van der Waals surface area contributed by atoms with Gasteiger partial charge in [-0.25, -0.2) is 0 Å². The Labute approximate surface area is 66.7 Å². The predicted octanol–water partition coefficient (Wildman–Crippen LogP) is 0.530. The van der Waals surface area contributed by atoms with E-state index < -0.39 is 5.56 Å². The van der Waals surface area contributed by atoms with Crippen LogP contribution in [0.25, 0.3) is 11.2 Å². The lowest BCUT2D eigenvalue weighted by Crippen LogP contribution is -2.03. The van der Waals surface area contributed by atoms with Crippen LogP contribution in [0.15, 0.2) is 15.3 Å². The number of aromatic nitrogens is 2. The van der Waals surface area contributed by atoms with Gasteiger partial charge in [0.25, 0.3) is 5.56 Å². The highest BCUT2D eigenvalue weighted by Crippen LogP contribution is 2.13. The highest BCUT2D eigenvalue weighted by Gasteiger charge is 2.05. The Balaban J connectivity index is 2.92. The lowest BCUT2D eigenvalue weighted by Gasteiger charge is -1.87. The number of hydrogen-bond donors (Lipinski definition) is 2. The molecule has 2 aromatic rings. The summed E-state index contributed by atoms with van der Waals surface area (Å²) < 4.78 is 5.06. The van der Waals surface area contributed by atoms with E-state index >= 15 is 0 Å². The zero-order valence-corrected chi connectivity index (χ0v) is 6.29. The molecule has 0 fully saturated rings. The summed E-state index contributed by atoms with van der Waals surface area (Å²) in [5.41, 5.74) is 0.177. The van der Waals surface area contributed by atoms with Gasteiger partial charge >= 0.3 is 0 Å². The van der Waals surface area contributed by atoms with E-state index in [4.69, 9.17) is 9.52 Å². The molecule has 2 aromatic heterocycles. The normalized spacial score (nSPS) is 10.8. The third-order valence-corrected chi connectivity index (χ3v) is 1.49. The van der Waals surface area contributed by atoms with Crippen LogP contribution in [0.3, 0.4) is 0 Å². The minimum Gasteiger partial charge on any atom is -0.503 e. The number of pyridine rings is 1. The van der Waals surface area contributed by atoms with Gasteiger partial charge in [0.2, 0.25) is 0 Å². The Morgan fingerprint density at radius 2 is 2.42 bits per heavy atom. The second-order valence-corrected chi connectivity index (χ2v) is 2.43. The third kappa shape index (κ3) is 0.868. The van der Waals surface area contributed by atoms with Crippen molar-refractivity contribution in [3.05, 3.63) is 22.3 Å². The highest BCUT2D eigenvalue weighted by molar-refractivity contribution is 5.68. The first-order valence-electron chi connectivity index (χ1n) is 3.36. The number of nitrogens with one attached hydrogen (secondary N) is 1. The zero-order valence-electron chi connectivity index (χ0n) is 6.29. The van der Waals surface area contributed by atoms with Crippen molar-refractivity contribution in [2.24, 2.45) is 0 Å². The summed E-state index contributed by atoms with van der Waals surface area (Å²) in [4.78, 5) is 17.1. The zero-order chi connectivity index (χ0) is 8.72. The van der Waals surface area contributed by atoms with Crippen molar-refractivity contribution in [2.45, 2.75) is 6.92 Å². The molecule has 0 atom stereocenters. The molecule has 0 aliphatic rings. The molecule has 0 radical (unpaired) electrons. The fourth-order valence-corrected chi connectivity index (χ4v) is 0.992. The fraction of sp³-hybridized carbons (Fsp3) is 0.143. The lowest BCUT2D eigenvalue weighted by atomic mass is 10.4. The topological polar surface area (TPSA) is 79.1 Å². The molecule has 0 saturated carbocycles. The van der Waals surface area contributed by atoms with E-state index in [9.17, 15) is 4.79 Å². The minimum absolute atomic E-state index is 0.357. The van der Waals surface area contributed by atoms with Crippen molar-refractivity contribution in [3.63, 3.8) is 0 Å². The Kier molecular flexibility index (Phi) is 1.21. The van der Waals surface area contributed by atoms with E-state index in [1.54, 1.807) is 6.92 Å². The first-order valence-corrected chi connectivity index (χ1v) is 3.36. The van der Waals surface area contributed by atoms with Crippen molar-refractivity contribution < 1.29 is 9.52 Å². The van der Waals surface area contributed by atoms with Gasteiger partial charge in [-0.15, -0.1) is 0 Å². The molecule has 5 nitrogen and oxygen atoms in total. The van der Waals surface area contributed by atoms with Crippen LogP contribution in [0.5, 0.6) is 5.75 Å². The van der Waals surface area contributed by atoms with Gasteiger partial charge in [0, 0.05) is 13.0 Å². The Morgan fingerprint density at radius 1 is 1.67 bits per heavy atom. The van der Waals surface area contributed by atoms with Crippen LogP contribution in [0.4, 0.5) is 0 Å². The molecule has 0 bridgehead atoms. The highest BCUT2D eigenvalue weighted by atomic mass is 16.3. The maximum atomic E-state index is 10.9. The number of hydrogen-bond acceptors (Lipinski definition) is 4. The monoisotopic (exact) mass is 166 g/mol. The van der Waals surface area contributed by atoms with Crippen LogP contribution in [0.2, 0.25) is 0 Å². The van der Waals surface area contributed by atoms with Gasteiger partial charge in [-0.2, -0.15) is 4.98 Å². The average molecular weight is 166 g/mol. The van der Waals surface area contributed by atoms with Crippen molar-refractivity contribution in [3.8, 4) is 5.75 Å². The van der Waals surface area contributed by atoms with Gasteiger partial charge in [-0.1, -0.05) is 0 Å². The molecule has 0 unspecified atom stereocenters. The summed E-state index contributed by atoms with van der Waals surface area (Å²) in [6.45, 7) is 1.66. The van der Waals surface area contributed by atoms with E-state index in [2.05, 4.69) is 9.97 Å². The molecule has 12 heavy (non-hydrogen) atoms. The summed E-state index contributed by atoms with van der Waals surface area (Å²) in [7, 11) is 0. The summed E-state index contributed by atoms with van der Waals surface area (Å²) in [5.74, 6) is 0.0879. The van der Waals surface area contributed by atoms with E-state index in [1.165, 1.54) is 6.07 Å². The molecule has 2 heterocycles. The Hall–Kier alpha value is -1.78. The van der Waals surface area contributed by atoms with E-state index in [-0.39, 0.29) is 5.75 Å². The molecular weight excluding hydrogens is 160 g/mol. The van der Waals surface area contributed by atoms with Gasteiger partial charge in [0.1, 0.15) is 0 Å². The summed E-state index contributed by atoms with van der Waals surface area (Å²) >= 11 is 0. The molecule has 0 amide bonds. The number of aromatic amines is 1. The SMILES string of the molecule is Cc1nc2[nH]c(=O)c(O)cc2o1. The van der Waals surface area contributed by atoms with Crippen molar-refractivity contribution >= 4 is 11.2 Å². The number of H-pyrrole nitrogens is 1. The van der Waals surface area contributed by atoms with Crippen molar-refractivity contribution in [2.75, 3.05) is 0 Å². The van der Waals surface area contributed by atoms with Crippen LogP contribution in [0, 0.1) is 6.92 Å². The molecule has 2 N–H and O–H groups in total. The third-order valence-electron chi connectivity index (χ3n) is 1.49.